The Kier molecular flexibility index (Phi) is 4.11. The zero-order valence-electron chi connectivity index (χ0n) is 6.04. The topological polar surface area (TPSA) is 43.4 Å². The molecule has 0 aromatic carbocycles. The van der Waals surface area contributed by atoms with E-state index in [-0.39, 0.29) is 5.75 Å². The molecule has 0 N–H and O–H groups in total. The van der Waals surface area contributed by atoms with Gasteiger partial charge in [-0.25, -0.2) is 8.42 Å². The highest BCUT2D eigenvalue weighted by Gasteiger charge is 1.99. The zero-order valence-corrected chi connectivity index (χ0v) is 6.86. The number of hydrogen-bond acceptors (Lipinski definition) is 3. The first-order valence-electron chi connectivity index (χ1n) is 2.96. The first-order chi connectivity index (χ1) is 4.56. The molecule has 0 radical (unpaired) electrons. The monoisotopic (exact) mass is 164 g/mol. The Morgan fingerprint density at radius 1 is 1.60 bits per heavy atom. The van der Waals surface area contributed by atoms with E-state index < -0.39 is 9.84 Å². The van der Waals surface area contributed by atoms with Crippen LogP contribution in [0.3, 0.4) is 0 Å². The number of hydrogen-bond donors (Lipinski definition) is 0. The van der Waals surface area contributed by atoms with Gasteiger partial charge >= 0.3 is 0 Å². The summed E-state index contributed by atoms with van der Waals surface area (Å²) in [5.41, 5.74) is 0. The van der Waals surface area contributed by atoms with E-state index >= 15 is 0 Å². The van der Waals surface area contributed by atoms with E-state index in [0.717, 1.165) is 0 Å². The molecule has 0 atom stereocenters. The molecule has 0 aliphatic heterocycles. The Morgan fingerprint density at radius 2 is 2.20 bits per heavy atom. The number of sulfone groups is 1. The van der Waals surface area contributed by atoms with Gasteiger partial charge in [-0.2, -0.15) is 0 Å². The molecule has 0 unspecified atom stereocenters. The predicted molar refractivity (Wildman–Crippen MR) is 40.5 cm³/mol. The Bertz CT molecular complexity index is 181. The van der Waals surface area contributed by atoms with E-state index in [1.54, 1.807) is 0 Å². The molecule has 0 saturated heterocycles. The van der Waals surface area contributed by atoms with Crippen molar-refractivity contribution in [2.24, 2.45) is 0 Å². The third-order valence-electron chi connectivity index (χ3n) is 0.895. The molecule has 0 heterocycles. The minimum Gasteiger partial charge on any atom is -0.502 e. The fourth-order valence-corrected chi connectivity index (χ4v) is 1.13. The molecule has 10 heavy (non-hydrogen) atoms. The first-order valence-corrected chi connectivity index (χ1v) is 5.02. The summed E-state index contributed by atoms with van der Waals surface area (Å²) in [5, 5.41) is 0. The molecule has 0 spiro atoms. The summed E-state index contributed by atoms with van der Waals surface area (Å²) in [6, 6.07) is 0. The second kappa shape index (κ2) is 4.33. The summed E-state index contributed by atoms with van der Waals surface area (Å²) in [7, 11) is -2.82. The number of rotatable bonds is 5. The summed E-state index contributed by atoms with van der Waals surface area (Å²) in [6.45, 7) is 3.75. The van der Waals surface area contributed by atoms with Gasteiger partial charge in [0.1, 0.15) is 9.84 Å². The van der Waals surface area contributed by atoms with Crippen LogP contribution in [0.25, 0.3) is 0 Å². The highest BCUT2D eigenvalue weighted by molar-refractivity contribution is 7.90. The normalized spacial score (nSPS) is 10.9. The number of ether oxygens (including phenoxy) is 1. The van der Waals surface area contributed by atoms with Crippen LogP contribution in [0.4, 0.5) is 0 Å². The Labute approximate surface area is 61.6 Å². The molecule has 60 valence electrons. The smallest absolute Gasteiger partial charge is 0.147 e. The average molecular weight is 164 g/mol. The van der Waals surface area contributed by atoms with Crippen molar-refractivity contribution in [2.75, 3.05) is 18.6 Å². The fourth-order valence-electron chi connectivity index (χ4n) is 0.488. The molecule has 0 aliphatic rings. The lowest BCUT2D eigenvalue weighted by atomic mass is 10.5. The van der Waals surface area contributed by atoms with Crippen LogP contribution in [0.5, 0.6) is 0 Å². The van der Waals surface area contributed by atoms with Crippen molar-refractivity contribution in [3.8, 4) is 0 Å². The molecule has 0 aromatic rings. The van der Waals surface area contributed by atoms with E-state index in [1.165, 1.54) is 12.5 Å². The van der Waals surface area contributed by atoms with Crippen LogP contribution < -0.4 is 0 Å². The third-order valence-corrected chi connectivity index (χ3v) is 1.93. The van der Waals surface area contributed by atoms with Crippen molar-refractivity contribution in [2.45, 2.75) is 6.42 Å². The van der Waals surface area contributed by atoms with Gasteiger partial charge < -0.3 is 4.74 Å². The van der Waals surface area contributed by atoms with Crippen LogP contribution in [0, 0.1) is 0 Å². The van der Waals surface area contributed by atoms with Gasteiger partial charge in [-0.15, -0.1) is 0 Å². The van der Waals surface area contributed by atoms with Gasteiger partial charge in [-0.1, -0.05) is 6.58 Å². The van der Waals surface area contributed by atoms with Gasteiger partial charge in [0.2, 0.25) is 0 Å². The maximum Gasteiger partial charge on any atom is 0.147 e. The fraction of sp³-hybridized carbons (Fsp3) is 0.667. The van der Waals surface area contributed by atoms with Gasteiger partial charge in [0, 0.05) is 6.26 Å². The van der Waals surface area contributed by atoms with Crippen molar-refractivity contribution >= 4 is 9.84 Å². The average Bonchev–Trinajstić information content (AvgIpc) is 1.78. The van der Waals surface area contributed by atoms with E-state index in [4.69, 9.17) is 4.74 Å². The van der Waals surface area contributed by atoms with Crippen molar-refractivity contribution in [3.63, 3.8) is 0 Å². The second-order valence-electron chi connectivity index (χ2n) is 2.02. The molecule has 3 nitrogen and oxygen atoms in total. The maximum absolute atomic E-state index is 10.5. The summed E-state index contributed by atoms with van der Waals surface area (Å²) in [4.78, 5) is 0. The van der Waals surface area contributed by atoms with Crippen molar-refractivity contribution in [1.29, 1.82) is 0 Å². The summed E-state index contributed by atoms with van der Waals surface area (Å²) >= 11 is 0. The van der Waals surface area contributed by atoms with Crippen LogP contribution in [0.1, 0.15) is 6.42 Å². The second-order valence-corrected chi connectivity index (χ2v) is 4.28. The maximum atomic E-state index is 10.5. The molecule has 0 bridgehead atoms. The summed E-state index contributed by atoms with van der Waals surface area (Å²) in [6.07, 6.45) is 3.05. The predicted octanol–water partition coefficient (Wildman–Crippen LogP) is 0.581. The van der Waals surface area contributed by atoms with Crippen LogP contribution in [-0.4, -0.2) is 27.0 Å². The van der Waals surface area contributed by atoms with E-state index in [2.05, 4.69) is 6.58 Å². The summed E-state index contributed by atoms with van der Waals surface area (Å²) < 4.78 is 25.8. The van der Waals surface area contributed by atoms with Crippen LogP contribution >= 0.6 is 0 Å². The van der Waals surface area contributed by atoms with Gasteiger partial charge in [0.15, 0.2) is 0 Å². The highest BCUT2D eigenvalue weighted by atomic mass is 32.2. The van der Waals surface area contributed by atoms with Crippen molar-refractivity contribution in [3.05, 3.63) is 12.8 Å². The van der Waals surface area contributed by atoms with Crippen molar-refractivity contribution in [1.82, 2.24) is 0 Å². The molecule has 0 aromatic heterocycles. The molecule has 0 saturated carbocycles. The Hall–Kier alpha value is -0.510. The molecular formula is C6H12O3S. The van der Waals surface area contributed by atoms with Crippen LogP contribution in [0.15, 0.2) is 12.8 Å². The zero-order chi connectivity index (χ0) is 8.04. The van der Waals surface area contributed by atoms with Gasteiger partial charge in [0.25, 0.3) is 0 Å². The quantitative estimate of drug-likeness (QED) is 0.441. The largest absolute Gasteiger partial charge is 0.502 e. The Balaban J connectivity index is 3.29. The van der Waals surface area contributed by atoms with E-state index in [0.29, 0.717) is 13.0 Å². The molecule has 0 rings (SSSR count). The summed E-state index contributed by atoms with van der Waals surface area (Å²) in [5.74, 6) is 0.181. The van der Waals surface area contributed by atoms with Crippen molar-refractivity contribution < 1.29 is 13.2 Å². The standard InChI is InChI=1S/C6H12O3S/c1-3-9-5-4-6-10(2,7)8/h3H,1,4-6H2,2H3. The van der Waals surface area contributed by atoms with E-state index in [1.807, 2.05) is 0 Å². The SMILES string of the molecule is C=COCCCS(C)(=O)=O. The molecule has 0 aliphatic carbocycles. The third kappa shape index (κ3) is 7.49. The Morgan fingerprint density at radius 3 is 2.60 bits per heavy atom. The molecular weight excluding hydrogens is 152 g/mol. The minimum absolute atomic E-state index is 0.181. The van der Waals surface area contributed by atoms with Crippen LogP contribution in [0.2, 0.25) is 0 Å². The molecule has 0 fully saturated rings. The van der Waals surface area contributed by atoms with Gasteiger partial charge in [0.05, 0.1) is 18.6 Å². The minimum atomic E-state index is -2.82. The molecule has 0 amide bonds. The molecule has 4 heteroatoms. The van der Waals surface area contributed by atoms with Gasteiger partial charge in [-0.05, 0) is 6.42 Å². The van der Waals surface area contributed by atoms with Crippen LogP contribution in [-0.2, 0) is 14.6 Å². The van der Waals surface area contributed by atoms with Gasteiger partial charge in [-0.3, -0.25) is 0 Å². The lowest BCUT2D eigenvalue weighted by Crippen LogP contribution is -2.04. The lowest BCUT2D eigenvalue weighted by Gasteiger charge is -1.97. The first kappa shape index (κ1) is 9.49. The highest BCUT2D eigenvalue weighted by Crippen LogP contribution is 1.89. The van der Waals surface area contributed by atoms with E-state index in [9.17, 15) is 8.42 Å². The lowest BCUT2D eigenvalue weighted by molar-refractivity contribution is 0.251.